The summed E-state index contributed by atoms with van der Waals surface area (Å²) in [4.78, 5) is 38.6. The minimum absolute atomic E-state index is 0.0257. The van der Waals surface area contributed by atoms with Crippen LogP contribution in [0.3, 0.4) is 0 Å². The van der Waals surface area contributed by atoms with Crippen LogP contribution in [0.5, 0.6) is 11.5 Å². The number of nitrogens with one attached hydrogen (secondary N) is 1. The van der Waals surface area contributed by atoms with Gasteiger partial charge in [0.1, 0.15) is 22.0 Å². The third-order valence-electron chi connectivity index (χ3n) is 5.01. The van der Waals surface area contributed by atoms with E-state index >= 15 is 0 Å². The summed E-state index contributed by atoms with van der Waals surface area (Å²) in [5.74, 6) is -1.06. The van der Waals surface area contributed by atoms with Crippen LogP contribution >= 0.6 is 11.6 Å². The fraction of sp³-hybridized carbons (Fsp3) is 0.0800. The van der Waals surface area contributed by atoms with Crippen LogP contribution < -0.4 is 19.1 Å². The number of imide groups is 2. The topological polar surface area (TPSA) is 119 Å². The van der Waals surface area contributed by atoms with E-state index in [-0.39, 0.29) is 21.9 Å². The summed E-state index contributed by atoms with van der Waals surface area (Å²) in [6.45, 7) is 2.29. The lowest BCUT2D eigenvalue weighted by atomic mass is 10.1. The molecule has 0 bridgehead atoms. The molecule has 1 N–H and O–H groups in total. The van der Waals surface area contributed by atoms with Gasteiger partial charge in [0.2, 0.25) is 0 Å². The van der Waals surface area contributed by atoms with Crippen molar-refractivity contribution in [3.05, 3.63) is 89.0 Å². The molecular formula is C25H19ClN2O7S. The van der Waals surface area contributed by atoms with Gasteiger partial charge in [0.15, 0.2) is 0 Å². The van der Waals surface area contributed by atoms with Crippen LogP contribution in [0.25, 0.3) is 6.08 Å². The highest BCUT2D eigenvalue weighted by Gasteiger charge is 2.36. The number of carbonyl (C=O) groups excluding carboxylic acids is 3. The summed E-state index contributed by atoms with van der Waals surface area (Å²) in [5.41, 5.74) is 0.396. The number of carbonyl (C=O) groups is 3. The molecular weight excluding hydrogens is 508 g/mol. The predicted molar refractivity (Wildman–Crippen MR) is 132 cm³/mol. The maximum Gasteiger partial charge on any atom is 0.339 e. The van der Waals surface area contributed by atoms with Gasteiger partial charge >= 0.3 is 16.1 Å². The molecule has 1 heterocycles. The van der Waals surface area contributed by atoms with Crippen LogP contribution in [0.15, 0.2) is 83.3 Å². The Morgan fingerprint density at radius 2 is 1.50 bits per heavy atom. The number of rotatable bonds is 7. The van der Waals surface area contributed by atoms with Gasteiger partial charge in [-0.2, -0.15) is 8.42 Å². The van der Waals surface area contributed by atoms with Crippen molar-refractivity contribution in [3.63, 3.8) is 0 Å². The van der Waals surface area contributed by atoms with E-state index in [4.69, 9.17) is 20.5 Å². The van der Waals surface area contributed by atoms with Crippen molar-refractivity contribution in [2.45, 2.75) is 11.8 Å². The molecule has 9 nitrogen and oxygen atoms in total. The fourth-order valence-corrected chi connectivity index (χ4v) is 4.37. The molecule has 3 aromatic rings. The van der Waals surface area contributed by atoms with Crippen LogP contribution in [0.4, 0.5) is 10.5 Å². The first-order valence-electron chi connectivity index (χ1n) is 10.6. The molecule has 0 saturated carbocycles. The van der Waals surface area contributed by atoms with E-state index in [1.54, 1.807) is 12.1 Å². The minimum Gasteiger partial charge on any atom is -0.494 e. The van der Waals surface area contributed by atoms with E-state index in [9.17, 15) is 22.8 Å². The number of nitrogens with zero attached hydrogens (tertiary/aromatic N) is 1. The second-order valence-corrected chi connectivity index (χ2v) is 9.43. The van der Waals surface area contributed by atoms with Gasteiger partial charge in [-0.05, 0) is 79.2 Å². The summed E-state index contributed by atoms with van der Waals surface area (Å²) in [6.07, 6.45) is 1.29. The fourth-order valence-electron chi connectivity index (χ4n) is 3.31. The molecule has 0 aliphatic carbocycles. The number of anilines is 1. The summed E-state index contributed by atoms with van der Waals surface area (Å²) < 4.78 is 35.4. The van der Waals surface area contributed by atoms with Gasteiger partial charge in [0, 0.05) is 5.02 Å². The second-order valence-electron chi connectivity index (χ2n) is 7.45. The Hall–Kier alpha value is -4.15. The smallest absolute Gasteiger partial charge is 0.339 e. The zero-order chi connectivity index (χ0) is 25.9. The van der Waals surface area contributed by atoms with Gasteiger partial charge in [-0.25, -0.2) is 9.69 Å². The lowest BCUT2D eigenvalue weighted by Gasteiger charge is -2.26. The third-order valence-corrected chi connectivity index (χ3v) is 6.52. The number of hydrogen-bond acceptors (Lipinski definition) is 7. The van der Waals surface area contributed by atoms with Crippen LogP contribution in [-0.4, -0.2) is 32.9 Å². The van der Waals surface area contributed by atoms with Crippen LogP contribution in [0.2, 0.25) is 5.02 Å². The molecule has 3 aromatic carbocycles. The molecule has 36 heavy (non-hydrogen) atoms. The van der Waals surface area contributed by atoms with Gasteiger partial charge in [0.05, 0.1) is 12.3 Å². The summed E-state index contributed by atoms with van der Waals surface area (Å²) >= 11 is 5.79. The van der Waals surface area contributed by atoms with Gasteiger partial charge in [-0.15, -0.1) is 0 Å². The highest BCUT2D eigenvalue weighted by molar-refractivity contribution is 7.87. The van der Waals surface area contributed by atoms with E-state index in [0.29, 0.717) is 22.9 Å². The standard InChI is InChI=1S/C25H19ClN2O7S/c1-2-34-19-11-7-18(8-12-19)28-24(30)22(23(29)27-25(28)31)15-16-3-9-20(10-4-16)35-36(32,33)21-13-5-17(26)6-14-21/h3-15H,2H2,1H3,(H,27,29,31)/b22-15+. The largest absolute Gasteiger partial charge is 0.494 e. The van der Waals surface area contributed by atoms with Gasteiger partial charge < -0.3 is 8.92 Å². The zero-order valence-electron chi connectivity index (χ0n) is 18.8. The monoisotopic (exact) mass is 526 g/mol. The Morgan fingerprint density at radius 1 is 0.889 bits per heavy atom. The maximum absolute atomic E-state index is 13.0. The lowest BCUT2D eigenvalue weighted by Crippen LogP contribution is -2.54. The Morgan fingerprint density at radius 3 is 2.11 bits per heavy atom. The number of hydrogen-bond donors (Lipinski definition) is 1. The van der Waals surface area contributed by atoms with E-state index < -0.39 is 28.0 Å². The molecule has 1 aliphatic heterocycles. The summed E-state index contributed by atoms with van der Waals surface area (Å²) in [7, 11) is -4.08. The normalized spacial score (nSPS) is 15.1. The lowest BCUT2D eigenvalue weighted by molar-refractivity contribution is -0.122. The average Bonchev–Trinajstić information content (AvgIpc) is 2.84. The third kappa shape index (κ3) is 5.40. The molecule has 0 unspecified atom stereocenters. The quantitative estimate of drug-likeness (QED) is 0.279. The van der Waals surface area contributed by atoms with E-state index in [0.717, 1.165) is 4.90 Å². The Kier molecular flexibility index (Phi) is 7.09. The Labute approximate surface area is 212 Å². The van der Waals surface area contributed by atoms with Crippen LogP contribution in [0, 0.1) is 0 Å². The van der Waals surface area contributed by atoms with Crippen molar-refractivity contribution in [1.82, 2.24) is 5.32 Å². The number of urea groups is 1. The molecule has 0 radical (unpaired) electrons. The molecule has 0 atom stereocenters. The summed E-state index contributed by atoms with van der Waals surface area (Å²) in [5, 5.41) is 2.53. The molecule has 11 heteroatoms. The number of barbiturate groups is 1. The summed E-state index contributed by atoms with van der Waals surface area (Å²) in [6, 6.07) is 16.6. The van der Waals surface area contributed by atoms with Crippen molar-refractivity contribution in [1.29, 1.82) is 0 Å². The van der Waals surface area contributed by atoms with E-state index in [1.165, 1.54) is 66.7 Å². The molecule has 1 fully saturated rings. The maximum atomic E-state index is 13.0. The molecule has 4 rings (SSSR count). The van der Waals surface area contributed by atoms with Gasteiger partial charge in [-0.1, -0.05) is 23.7 Å². The first-order chi connectivity index (χ1) is 17.2. The predicted octanol–water partition coefficient (Wildman–Crippen LogP) is 4.17. The van der Waals surface area contributed by atoms with Crippen LogP contribution in [-0.2, 0) is 19.7 Å². The molecule has 0 spiro atoms. The van der Waals surface area contributed by atoms with Crippen molar-refractivity contribution in [2.24, 2.45) is 0 Å². The van der Waals surface area contributed by atoms with Gasteiger partial charge in [0.25, 0.3) is 11.8 Å². The number of ether oxygens (including phenoxy) is 1. The first kappa shape index (κ1) is 25.0. The Bertz CT molecular complexity index is 1450. The van der Waals surface area contributed by atoms with Crippen molar-refractivity contribution in [3.8, 4) is 11.5 Å². The van der Waals surface area contributed by atoms with Crippen LogP contribution in [0.1, 0.15) is 12.5 Å². The minimum atomic E-state index is -4.08. The average molecular weight is 527 g/mol. The van der Waals surface area contributed by atoms with E-state index in [2.05, 4.69) is 5.32 Å². The molecule has 4 amide bonds. The molecule has 0 aromatic heterocycles. The number of halogens is 1. The first-order valence-corrected chi connectivity index (χ1v) is 12.4. The zero-order valence-corrected chi connectivity index (χ0v) is 20.4. The van der Waals surface area contributed by atoms with E-state index in [1.807, 2.05) is 6.92 Å². The van der Waals surface area contributed by atoms with Crippen molar-refractivity contribution >= 4 is 51.3 Å². The number of amides is 4. The molecule has 1 aliphatic rings. The van der Waals surface area contributed by atoms with Crippen molar-refractivity contribution in [2.75, 3.05) is 11.5 Å². The molecule has 1 saturated heterocycles. The SMILES string of the molecule is CCOc1ccc(N2C(=O)NC(=O)/C(=C\c3ccc(OS(=O)(=O)c4ccc(Cl)cc4)cc3)C2=O)cc1. The highest BCUT2D eigenvalue weighted by atomic mass is 35.5. The van der Waals surface area contributed by atoms with Gasteiger partial charge in [-0.3, -0.25) is 14.9 Å². The van der Waals surface area contributed by atoms with Crippen molar-refractivity contribution < 1.29 is 31.7 Å². The Balaban J connectivity index is 1.54. The molecule has 184 valence electrons. The number of benzene rings is 3. The highest BCUT2D eigenvalue weighted by Crippen LogP contribution is 2.25. The second kappa shape index (κ2) is 10.2.